The first kappa shape index (κ1) is 18.9. The smallest absolute Gasteiger partial charge is 0.241 e. The van der Waals surface area contributed by atoms with Gasteiger partial charge in [-0.25, -0.2) is 0 Å². The van der Waals surface area contributed by atoms with Crippen LogP contribution in [-0.2, 0) is 16.1 Å². The normalized spacial score (nSPS) is 21.2. The molecular weight excluding hydrogens is 384 g/mol. The van der Waals surface area contributed by atoms with Crippen LogP contribution in [0.1, 0.15) is 43.5 Å². The van der Waals surface area contributed by atoms with Crippen molar-refractivity contribution < 1.29 is 9.53 Å². The number of nitrogens with zero attached hydrogens (tertiary/aromatic N) is 3. The largest absolute Gasteiger partial charge is 0.379 e. The van der Waals surface area contributed by atoms with Crippen molar-refractivity contribution in [2.24, 2.45) is 0 Å². The number of halogens is 1. The number of hydrogen-bond acceptors (Lipinski definition) is 4. The van der Waals surface area contributed by atoms with Gasteiger partial charge in [0.25, 0.3) is 0 Å². The SMILES string of the molecule is Cc1nn(CC(=O)NCC2(N3CCOCC3)CCCCC2)c(C)c1Br. The summed E-state index contributed by atoms with van der Waals surface area (Å²) in [4.78, 5) is 15.1. The maximum atomic E-state index is 12.5. The lowest BCUT2D eigenvalue weighted by Crippen LogP contribution is -2.59. The van der Waals surface area contributed by atoms with Crippen LogP contribution in [0.5, 0.6) is 0 Å². The molecule has 1 saturated carbocycles. The zero-order valence-electron chi connectivity index (χ0n) is 15.3. The Morgan fingerprint density at radius 1 is 1.24 bits per heavy atom. The van der Waals surface area contributed by atoms with E-state index in [4.69, 9.17) is 4.74 Å². The summed E-state index contributed by atoms with van der Waals surface area (Å²) >= 11 is 3.52. The highest BCUT2D eigenvalue weighted by atomic mass is 79.9. The Morgan fingerprint density at radius 2 is 1.92 bits per heavy atom. The number of amides is 1. The highest BCUT2D eigenvalue weighted by Gasteiger charge is 2.38. The average molecular weight is 413 g/mol. The molecule has 140 valence electrons. The third-order valence-electron chi connectivity index (χ3n) is 5.67. The molecule has 2 heterocycles. The van der Waals surface area contributed by atoms with Crippen LogP contribution in [0, 0.1) is 13.8 Å². The Labute approximate surface area is 158 Å². The molecule has 0 bridgehead atoms. The Balaban J connectivity index is 1.62. The number of morpholine rings is 1. The van der Waals surface area contributed by atoms with Crippen LogP contribution in [0.4, 0.5) is 0 Å². The zero-order valence-corrected chi connectivity index (χ0v) is 16.9. The first-order valence-electron chi connectivity index (χ1n) is 9.31. The van der Waals surface area contributed by atoms with Crippen molar-refractivity contribution in [3.05, 3.63) is 15.9 Å². The molecule has 0 aromatic carbocycles. The summed E-state index contributed by atoms with van der Waals surface area (Å²) < 4.78 is 8.28. The third-order valence-corrected chi connectivity index (χ3v) is 6.81. The van der Waals surface area contributed by atoms with Gasteiger partial charge in [-0.15, -0.1) is 0 Å². The standard InChI is InChI=1S/C18H29BrN4O2/c1-14-17(19)15(2)23(21-14)12-16(24)20-13-18(6-4-3-5-7-18)22-8-10-25-11-9-22/h3-13H2,1-2H3,(H,20,24). The third kappa shape index (κ3) is 4.26. The molecule has 1 aromatic rings. The summed E-state index contributed by atoms with van der Waals surface area (Å²) in [5, 5.41) is 7.63. The second-order valence-corrected chi connectivity index (χ2v) is 8.10. The Morgan fingerprint density at radius 3 is 2.52 bits per heavy atom. The van der Waals surface area contributed by atoms with Crippen LogP contribution in [0.15, 0.2) is 4.47 Å². The lowest BCUT2D eigenvalue weighted by Gasteiger charge is -2.48. The fourth-order valence-electron chi connectivity index (χ4n) is 4.14. The van der Waals surface area contributed by atoms with Gasteiger partial charge in [0, 0.05) is 25.2 Å². The quantitative estimate of drug-likeness (QED) is 0.806. The van der Waals surface area contributed by atoms with Crippen LogP contribution >= 0.6 is 15.9 Å². The molecule has 3 rings (SSSR count). The molecule has 0 spiro atoms. The molecule has 0 unspecified atom stereocenters. The maximum absolute atomic E-state index is 12.5. The number of ether oxygens (including phenoxy) is 1. The van der Waals surface area contributed by atoms with Crippen LogP contribution in [0.3, 0.4) is 0 Å². The fraction of sp³-hybridized carbons (Fsp3) is 0.778. The van der Waals surface area contributed by atoms with E-state index in [1.807, 2.05) is 13.8 Å². The number of aromatic nitrogens is 2. The van der Waals surface area contributed by atoms with Crippen molar-refractivity contribution in [1.82, 2.24) is 20.0 Å². The molecule has 1 N–H and O–H groups in total. The summed E-state index contributed by atoms with van der Waals surface area (Å²) in [5.41, 5.74) is 2.02. The van der Waals surface area contributed by atoms with Gasteiger partial charge >= 0.3 is 0 Å². The second-order valence-electron chi connectivity index (χ2n) is 7.30. The minimum atomic E-state index is 0.0382. The van der Waals surface area contributed by atoms with Gasteiger partial charge < -0.3 is 10.1 Å². The van der Waals surface area contributed by atoms with E-state index < -0.39 is 0 Å². The van der Waals surface area contributed by atoms with Crippen molar-refractivity contribution in [1.29, 1.82) is 0 Å². The monoisotopic (exact) mass is 412 g/mol. The van der Waals surface area contributed by atoms with Gasteiger partial charge in [0.2, 0.25) is 5.91 Å². The number of carbonyl (C=O) groups excluding carboxylic acids is 1. The second kappa shape index (κ2) is 8.18. The molecule has 2 fully saturated rings. The predicted molar refractivity (Wildman–Crippen MR) is 101 cm³/mol. The number of carbonyl (C=O) groups is 1. The lowest BCUT2D eigenvalue weighted by molar-refractivity contribution is -0.123. The van der Waals surface area contributed by atoms with E-state index >= 15 is 0 Å². The van der Waals surface area contributed by atoms with Gasteiger partial charge in [-0.1, -0.05) is 19.3 Å². The molecule has 0 atom stereocenters. The summed E-state index contributed by atoms with van der Waals surface area (Å²) in [6.07, 6.45) is 6.13. The molecule has 1 saturated heterocycles. The van der Waals surface area contributed by atoms with E-state index in [9.17, 15) is 4.79 Å². The summed E-state index contributed by atoms with van der Waals surface area (Å²) in [5.74, 6) is 0.0382. The van der Waals surface area contributed by atoms with Crippen molar-refractivity contribution in [3.8, 4) is 0 Å². The van der Waals surface area contributed by atoms with Gasteiger partial charge in [0.05, 0.1) is 29.1 Å². The van der Waals surface area contributed by atoms with E-state index in [0.29, 0.717) is 0 Å². The summed E-state index contributed by atoms with van der Waals surface area (Å²) in [6, 6.07) is 0. The predicted octanol–water partition coefficient (Wildman–Crippen LogP) is 2.41. The van der Waals surface area contributed by atoms with E-state index in [0.717, 1.165) is 48.7 Å². The number of aryl methyl sites for hydroxylation is 1. The minimum absolute atomic E-state index is 0.0382. The molecule has 2 aliphatic rings. The van der Waals surface area contributed by atoms with Crippen molar-refractivity contribution >= 4 is 21.8 Å². The van der Waals surface area contributed by atoms with E-state index in [1.54, 1.807) is 4.68 Å². The van der Waals surface area contributed by atoms with E-state index in [1.165, 1.54) is 32.1 Å². The summed E-state index contributed by atoms with van der Waals surface area (Å²) in [7, 11) is 0. The molecule has 6 nitrogen and oxygen atoms in total. The molecule has 1 amide bonds. The molecule has 7 heteroatoms. The van der Waals surface area contributed by atoms with Crippen LogP contribution < -0.4 is 5.32 Å². The van der Waals surface area contributed by atoms with Gasteiger partial charge in [-0.3, -0.25) is 14.4 Å². The van der Waals surface area contributed by atoms with Crippen LogP contribution in [0.25, 0.3) is 0 Å². The lowest BCUT2D eigenvalue weighted by atomic mass is 9.79. The topological polar surface area (TPSA) is 59.4 Å². The molecule has 25 heavy (non-hydrogen) atoms. The van der Waals surface area contributed by atoms with E-state index in [-0.39, 0.29) is 18.0 Å². The summed E-state index contributed by atoms with van der Waals surface area (Å²) in [6.45, 7) is 8.48. The van der Waals surface area contributed by atoms with Crippen molar-refractivity contribution in [2.45, 2.75) is 58.0 Å². The minimum Gasteiger partial charge on any atom is -0.379 e. The Kier molecular flexibility index (Phi) is 6.17. The number of hydrogen-bond donors (Lipinski definition) is 1. The van der Waals surface area contributed by atoms with Crippen LogP contribution in [0.2, 0.25) is 0 Å². The van der Waals surface area contributed by atoms with Gasteiger partial charge in [0.1, 0.15) is 6.54 Å². The van der Waals surface area contributed by atoms with Gasteiger partial charge in [-0.2, -0.15) is 5.10 Å². The van der Waals surface area contributed by atoms with Crippen LogP contribution in [-0.4, -0.2) is 59.0 Å². The highest BCUT2D eigenvalue weighted by Crippen LogP contribution is 2.33. The number of nitrogens with one attached hydrogen (secondary N) is 1. The Bertz CT molecular complexity index is 604. The first-order valence-corrected chi connectivity index (χ1v) is 10.1. The van der Waals surface area contributed by atoms with Crippen molar-refractivity contribution in [3.63, 3.8) is 0 Å². The first-order chi connectivity index (χ1) is 12.0. The van der Waals surface area contributed by atoms with Gasteiger partial charge in [0.15, 0.2) is 0 Å². The van der Waals surface area contributed by atoms with Gasteiger partial charge in [-0.05, 0) is 42.6 Å². The molecule has 1 aliphatic carbocycles. The molecular formula is C18H29BrN4O2. The molecule has 1 aromatic heterocycles. The maximum Gasteiger partial charge on any atom is 0.241 e. The molecule has 0 radical (unpaired) electrons. The van der Waals surface area contributed by atoms with E-state index in [2.05, 4.69) is 31.2 Å². The zero-order chi connectivity index (χ0) is 17.9. The van der Waals surface area contributed by atoms with Crippen molar-refractivity contribution in [2.75, 3.05) is 32.8 Å². The fourth-order valence-corrected chi connectivity index (χ4v) is 4.42. The Hall–Kier alpha value is -0.920. The average Bonchev–Trinajstić information content (AvgIpc) is 2.88. The highest BCUT2D eigenvalue weighted by molar-refractivity contribution is 9.10. The molecule has 1 aliphatic heterocycles. The number of rotatable bonds is 5.